The predicted octanol–water partition coefficient (Wildman–Crippen LogP) is 3.99. The second kappa shape index (κ2) is 4.88. The molecule has 0 heterocycles. The molecule has 0 N–H and O–H groups in total. The molecule has 0 aliphatic rings. The van der Waals surface area contributed by atoms with Crippen LogP contribution in [0.1, 0.15) is 39.4 Å². The van der Waals surface area contributed by atoms with Crippen LogP contribution in [0.4, 0.5) is 0 Å². The fraction of sp³-hybridized carbons (Fsp3) is 0.462. The molecule has 0 saturated carbocycles. The maximum Gasteiger partial charge on any atom is 0.311 e. The van der Waals surface area contributed by atoms with Gasteiger partial charge in [0.15, 0.2) is 0 Å². The van der Waals surface area contributed by atoms with Crippen molar-refractivity contribution in [3.63, 3.8) is 0 Å². The summed E-state index contributed by atoms with van der Waals surface area (Å²) in [6.45, 7) is 7.31. The number of hydrogen-bond acceptors (Lipinski definition) is 2. The van der Waals surface area contributed by atoms with Gasteiger partial charge in [0.1, 0.15) is 6.10 Å². The molecule has 0 aromatic heterocycles. The fourth-order valence-electron chi connectivity index (χ4n) is 1.21. The molecule has 0 radical (unpaired) electrons. The Labute approximate surface area is 102 Å². The molecule has 88 valence electrons. The van der Waals surface area contributed by atoms with Gasteiger partial charge in [-0.05, 0) is 33.8 Å². The summed E-state index contributed by atoms with van der Waals surface area (Å²) in [6.07, 6.45) is -0.319. The number of rotatable bonds is 2. The standard InChI is InChI=1S/C13H17ClO2/c1-9(16-12(15)13(2,3)4)10-7-5-6-8-11(10)14/h5-9H,1-4H3. The van der Waals surface area contributed by atoms with Crippen LogP contribution >= 0.6 is 11.6 Å². The van der Waals surface area contributed by atoms with Gasteiger partial charge in [0, 0.05) is 10.6 Å². The van der Waals surface area contributed by atoms with E-state index in [1.165, 1.54) is 0 Å². The van der Waals surface area contributed by atoms with E-state index in [2.05, 4.69) is 0 Å². The van der Waals surface area contributed by atoms with Crippen molar-refractivity contribution in [2.75, 3.05) is 0 Å². The summed E-state index contributed by atoms with van der Waals surface area (Å²) in [5.74, 6) is -0.222. The Bertz CT molecular complexity index is 380. The van der Waals surface area contributed by atoms with Crippen molar-refractivity contribution in [3.8, 4) is 0 Å². The second-order valence-corrected chi connectivity index (χ2v) is 5.23. The smallest absolute Gasteiger partial charge is 0.311 e. The van der Waals surface area contributed by atoms with Crippen LogP contribution in [0.15, 0.2) is 24.3 Å². The molecule has 3 heteroatoms. The number of carbonyl (C=O) groups excluding carboxylic acids is 1. The second-order valence-electron chi connectivity index (χ2n) is 4.82. The van der Waals surface area contributed by atoms with Gasteiger partial charge in [0.25, 0.3) is 0 Å². The zero-order chi connectivity index (χ0) is 12.3. The van der Waals surface area contributed by atoms with Gasteiger partial charge in [-0.2, -0.15) is 0 Å². The third kappa shape index (κ3) is 3.24. The van der Waals surface area contributed by atoms with Gasteiger partial charge in [-0.15, -0.1) is 0 Å². The lowest BCUT2D eigenvalue weighted by molar-refractivity contribution is -0.158. The minimum absolute atomic E-state index is 0.222. The van der Waals surface area contributed by atoms with Crippen molar-refractivity contribution >= 4 is 17.6 Å². The largest absolute Gasteiger partial charge is 0.457 e. The first-order valence-corrected chi connectivity index (χ1v) is 5.65. The topological polar surface area (TPSA) is 26.3 Å². The minimum Gasteiger partial charge on any atom is -0.457 e. The van der Waals surface area contributed by atoms with Gasteiger partial charge >= 0.3 is 5.97 Å². The van der Waals surface area contributed by atoms with Crippen LogP contribution in [0, 0.1) is 5.41 Å². The Balaban J connectivity index is 2.78. The molecule has 0 saturated heterocycles. The molecule has 0 aliphatic heterocycles. The molecule has 1 aromatic carbocycles. The minimum atomic E-state index is -0.491. The summed E-state index contributed by atoms with van der Waals surface area (Å²) in [4.78, 5) is 11.7. The average molecular weight is 241 g/mol. The van der Waals surface area contributed by atoms with Gasteiger partial charge < -0.3 is 4.74 Å². The van der Waals surface area contributed by atoms with Gasteiger partial charge in [-0.3, -0.25) is 4.79 Å². The number of benzene rings is 1. The van der Waals surface area contributed by atoms with Crippen LogP contribution in [0.25, 0.3) is 0 Å². The molecule has 1 aromatic rings. The van der Waals surface area contributed by atoms with E-state index in [1.54, 1.807) is 6.07 Å². The zero-order valence-electron chi connectivity index (χ0n) is 10.1. The first-order chi connectivity index (χ1) is 7.32. The Morgan fingerprint density at radius 1 is 1.31 bits per heavy atom. The molecule has 0 aliphatic carbocycles. The van der Waals surface area contributed by atoms with Crippen molar-refractivity contribution in [1.29, 1.82) is 0 Å². The molecule has 1 unspecified atom stereocenters. The van der Waals surface area contributed by atoms with Crippen molar-refractivity contribution in [1.82, 2.24) is 0 Å². The number of carbonyl (C=O) groups is 1. The maximum atomic E-state index is 11.7. The molecule has 1 rings (SSSR count). The maximum absolute atomic E-state index is 11.7. The van der Waals surface area contributed by atoms with E-state index < -0.39 is 5.41 Å². The molecule has 0 fully saturated rings. The van der Waals surface area contributed by atoms with Crippen LogP contribution in [0.2, 0.25) is 5.02 Å². The van der Waals surface area contributed by atoms with E-state index in [0.717, 1.165) is 5.56 Å². The summed E-state index contributed by atoms with van der Waals surface area (Å²) in [7, 11) is 0. The van der Waals surface area contributed by atoms with E-state index in [1.807, 2.05) is 45.9 Å². The first kappa shape index (κ1) is 13.0. The lowest BCUT2D eigenvalue weighted by Gasteiger charge is -2.21. The lowest BCUT2D eigenvalue weighted by atomic mass is 9.97. The van der Waals surface area contributed by atoms with Crippen LogP contribution in [-0.2, 0) is 9.53 Å². The van der Waals surface area contributed by atoms with E-state index in [0.29, 0.717) is 5.02 Å². The number of ether oxygens (including phenoxy) is 1. The Hall–Kier alpha value is -1.02. The summed E-state index contributed by atoms with van der Waals surface area (Å²) >= 11 is 6.03. The van der Waals surface area contributed by atoms with Crippen LogP contribution in [-0.4, -0.2) is 5.97 Å². The van der Waals surface area contributed by atoms with Crippen molar-refractivity contribution < 1.29 is 9.53 Å². The normalized spacial score (nSPS) is 13.3. The lowest BCUT2D eigenvalue weighted by Crippen LogP contribution is -2.24. The van der Waals surface area contributed by atoms with E-state index in [4.69, 9.17) is 16.3 Å². The first-order valence-electron chi connectivity index (χ1n) is 5.28. The highest BCUT2D eigenvalue weighted by Crippen LogP contribution is 2.27. The van der Waals surface area contributed by atoms with Gasteiger partial charge in [-0.25, -0.2) is 0 Å². The Kier molecular flexibility index (Phi) is 3.98. The molecule has 0 spiro atoms. The van der Waals surface area contributed by atoms with Gasteiger partial charge in [0.2, 0.25) is 0 Å². The van der Waals surface area contributed by atoms with Gasteiger partial charge in [-0.1, -0.05) is 29.8 Å². The average Bonchev–Trinajstić information content (AvgIpc) is 2.16. The monoisotopic (exact) mass is 240 g/mol. The SMILES string of the molecule is CC(OC(=O)C(C)(C)C)c1ccccc1Cl. The zero-order valence-corrected chi connectivity index (χ0v) is 10.8. The summed E-state index contributed by atoms with van der Waals surface area (Å²) < 4.78 is 5.36. The van der Waals surface area contributed by atoms with E-state index in [-0.39, 0.29) is 12.1 Å². The molecular formula is C13H17ClO2. The fourth-order valence-corrected chi connectivity index (χ4v) is 1.49. The Morgan fingerprint density at radius 2 is 1.88 bits per heavy atom. The molecule has 0 amide bonds. The molecule has 1 atom stereocenters. The van der Waals surface area contributed by atoms with E-state index in [9.17, 15) is 4.79 Å². The number of halogens is 1. The van der Waals surface area contributed by atoms with Crippen molar-refractivity contribution in [3.05, 3.63) is 34.9 Å². The summed E-state index contributed by atoms with van der Waals surface area (Å²) in [5, 5.41) is 0.622. The van der Waals surface area contributed by atoms with Crippen LogP contribution < -0.4 is 0 Å². The third-order valence-electron chi connectivity index (χ3n) is 2.24. The van der Waals surface area contributed by atoms with Crippen molar-refractivity contribution in [2.24, 2.45) is 5.41 Å². The summed E-state index contributed by atoms with van der Waals surface area (Å²) in [6, 6.07) is 7.38. The Morgan fingerprint density at radius 3 is 2.38 bits per heavy atom. The number of hydrogen-bond donors (Lipinski definition) is 0. The summed E-state index contributed by atoms with van der Waals surface area (Å²) in [5.41, 5.74) is 0.344. The quantitative estimate of drug-likeness (QED) is 0.731. The van der Waals surface area contributed by atoms with Crippen molar-refractivity contribution in [2.45, 2.75) is 33.8 Å². The predicted molar refractivity (Wildman–Crippen MR) is 65.4 cm³/mol. The highest BCUT2D eigenvalue weighted by atomic mass is 35.5. The highest BCUT2D eigenvalue weighted by molar-refractivity contribution is 6.31. The van der Waals surface area contributed by atoms with E-state index >= 15 is 0 Å². The highest BCUT2D eigenvalue weighted by Gasteiger charge is 2.25. The molecule has 2 nitrogen and oxygen atoms in total. The molecule has 16 heavy (non-hydrogen) atoms. The van der Waals surface area contributed by atoms with Crippen LogP contribution in [0.5, 0.6) is 0 Å². The number of esters is 1. The third-order valence-corrected chi connectivity index (χ3v) is 2.58. The van der Waals surface area contributed by atoms with Gasteiger partial charge in [0.05, 0.1) is 5.41 Å². The molecule has 0 bridgehead atoms. The molecular weight excluding hydrogens is 224 g/mol. The van der Waals surface area contributed by atoms with Crippen LogP contribution in [0.3, 0.4) is 0 Å².